The van der Waals surface area contributed by atoms with E-state index in [0.717, 1.165) is 23.0 Å². The first kappa shape index (κ1) is 37.0. The number of pyridine rings is 1. The minimum absolute atomic E-state index is 0.0116. The van der Waals surface area contributed by atoms with Gasteiger partial charge in [-0.1, -0.05) is 22.8 Å². The molecule has 2 aliphatic rings. The molecule has 0 aliphatic carbocycles. The number of halogens is 1. The highest BCUT2D eigenvalue weighted by Crippen LogP contribution is 2.43. The summed E-state index contributed by atoms with van der Waals surface area (Å²) in [5.41, 5.74) is 5.68. The summed E-state index contributed by atoms with van der Waals surface area (Å²) < 4.78 is 1.91. The second-order valence-corrected chi connectivity index (χ2v) is 14.9. The average Bonchev–Trinajstić information content (AvgIpc) is 3.85. The van der Waals surface area contributed by atoms with Crippen LogP contribution in [-0.2, 0) is 25.8 Å². The topological polar surface area (TPSA) is 276 Å². The van der Waals surface area contributed by atoms with Gasteiger partial charge in [-0.05, 0) is 38.1 Å². The quantitative estimate of drug-likeness (QED) is 0.0397. The number of hydrogen-bond acceptors (Lipinski definition) is 16. The lowest BCUT2D eigenvalue weighted by atomic mass is 10.0. The number of carboxylic acids is 1. The SMILES string of the molecule is CC(C)(O/N=C(\C(=O)N[C@@H]1C(=O)N2C(c3nnn[n-]3)=C(C[n+]3cccc4c(NC(=O)c5ccc(O)c(O)c5Cl)cccc43)CS[C@H]12)c1csc(N)n1)C(=O)[O-]. The number of carbonyl (C=O) groups excluding carboxylic acids is 4. The fourth-order valence-corrected chi connectivity index (χ4v) is 7.87. The fourth-order valence-electron chi connectivity index (χ4n) is 5.74. The standard InChI is InChI=1S/C33H28ClN11O8S2/c1-33(2,31(51)52)53-41-22(18-13-55-32(35)37-18)28(49)38-23-29(50)45-24(26-39-42-43-40-26)14(12-54-30(23)45)11-44-10-4-5-15-17(6-3-7-19(15)44)36-27(48)16-8-9-20(46)25(47)21(16)34/h3-10,13,23,30H,11-12H2,1-2H3,(H7,35,37,38,39,40,41,42,43,46,47,48,49,51,52)/p-1/t23-,30-/m1/s1. The number of aliphatic carboxylic acids is 1. The van der Waals surface area contributed by atoms with E-state index in [0.29, 0.717) is 28.0 Å². The van der Waals surface area contributed by atoms with Gasteiger partial charge in [-0.3, -0.25) is 29.6 Å². The Morgan fingerprint density at radius 3 is 2.73 bits per heavy atom. The summed E-state index contributed by atoms with van der Waals surface area (Å²) in [7, 11) is 0. The van der Waals surface area contributed by atoms with E-state index >= 15 is 0 Å². The number of anilines is 2. The Morgan fingerprint density at radius 2 is 2.02 bits per heavy atom. The molecule has 282 valence electrons. The minimum atomic E-state index is -1.89. The molecule has 0 unspecified atom stereocenters. The Bertz CT molecular complexity index is 2450. The van der Waals surface area contributed by atoms with Crippen LogP contribution in [0.1, 0.15) is 35.7 Å². The molecule has 5 aromatic rings. The summed E-state index contributed by atoms with van der Waals surface area (Å²) in [4.78, 5) is 62.7. The normalized spacial score (nSPS) is 17.1. The number of nitrogens with zero attached hydrogens (tertiary/aromatic N) is 8. The summed E-state index contributed by atoms with van der Waals surface area (Å²) in [6.45, 7) is 2.63. The van der Waals surface area contributed by atoms with Crippen molar-refractivity contribution in [3.05, 3.63) is 81.7 Å². The summed E-state index contributed by atoms with van der Waals surface area (Å²) in [6.07, 6.45) is 1.82. The number of tetrazole rings is 1. The molecule has 1 fully saturated rings. The van der Waals surface area contributed by atoms with Gasteiger partial charge in [0.05, 0.1) is 39.2 Å². The van der Waals surface area contributed by atoms with Crippen LogP contribution in [0, 0.1) is 0 Å². The van der Waals surface area contributed by atoms with Crippen molar-refractivity contribution in [3.8, 4) is 11.5 Å². The van der Waals surface area contributed by atoms with E-state index in [4.69, 9.17) is 22.2 Å². The maximum atomic E-state index is 13.8. The van der Waals surface area contributed by atoms with Crippen molar-refractivity contribution in [2.24, 2.45) is 5.16 Å². The van der Waals surface area contributed by atoms with E-state index in [1.807, 2.05) is 16.8 Å². The number of nitrogens with two attached hydrogens (primary N) is 1. The predicted octanol–water partition coefficient (Wildman–Crippen LogP) is 0.386. The van der Waals surface area contributed by atoms with Crippen LogP contribution < -0.4 is 31.1 Å². The molecule has 2 aliphatic heterocycles. The van der Waals surface area contributed by atoms with Gasteiger partial charge in [0.1, 0.15) is 17.1 Å². The minimum Gasteiger partial charge on any atom is -0.546 e. The molecule has 7 rings (SSSR count). The first-order valence-electron chi connectivity index (χ1n) is 16.0. The Balaban J connectivity index is 1.16. The molecule has 3 aromatic heterocycles. The number of β-lactam (4-membered cyclic amide) rings is 1. The zero-order valence-electron chi connectivity index (χ0n) is 28.5. The third-order valence-corrected chi connectivity index (χ3v) is 11.0. The third-order valence-electron chi connectivity index (χ3n) is 8.57. The number of benzene rings is 2. The lowest BCUT2D eigenvalue weighted by Gasteiger charge is -2.50. The number of carbonyl (C=O) groups is 4. The molecule has 0 saturated carbocycles. The van der Waals surface area contributed by atoms with Crippen LogP contribution >= 0.6 is 34.7 Å². The van der Waals surface area contributed by atoms with Crippen molar-refractivity contribution in [3.63, 3.8) is 0 Å². The van der Waals surface area contributed by atoms with Crippen LogP contribution in [0.2, 0.25) is 5.02 Å². The molecule has 2 aromatic carbocycles. The smallest absolute Gasteiger partial charge is 0.276 e. The lowest BCUT2D eigenvalue weighted by molar-refractivity contribution is -0.662. The van der Waals surface area contributed by atoms with Crippen LogP contribution in [0.5, 0.6) is 11.5 Å². The molecule has 22 heteroatoms. The molecule has 0 radical (unpaired) electrons. The molecule has 55 heavy (non-hydrogen) atoms. The molecule has 19 nitrogen and oxygen atoms in total. The van der Waals surface area contributed by atoms with Gasteiger partial charge in [-0.2, -0.15) is 9.78 Å². The first-order valence-corrected chi connectivity index (χ1v) is 18.3. The van der Waals surface area contributed by atoms with Crippen molar-refractivity contribution in [2.45, 2.75) is 37.4 Å². The summed E-state index contributed by atoms with van der Waals surface area (Å²) in [5, 5.41) is 57.1. The zero-order valence-corrected chi connectivity index (χ0v) is 30.8. The number of rotatable bonds is 11. The predicted molar refractivity (Wildman–Crippen MR) is 195 cm³/mol. The summed E-state index contributed by atoms with van der Waals surface area (Å²) >= 11 is 8.52. The van der Waals surface area contributed by atoms with Crippen LogP contribution in [0.4, 0.5) is 10.8 Å². The van der Waals surface area contributed by atoms with Crippen molar-refractivity contribution < 1.29 is 43.9 Å². The van der Waals surface area contributed by atoms with E-state index in [-0.39, 0.29) is 33.8 Å². The van der Waals surface area contributed by atoms with E-state index in [1.165, 1.54) is 42.0 Å². The Hall–Kier alpha value is -6.32. The second kappa shape index (κ2) is 14.5. The molecule has 3 amide bonds. The first-order chi connectivity index (χ1) is 26.2. The van der Waals surface area contributed by atoms with Crippen molar-refractivity contribution in [1.82, 2.24) is 35.8 Å². The van der Waals surface area contributed by atoms with Gasteiger partial charge in [-0.15, -0.1) is 23.1 Å². The number of aromatic hydroxyl groups is 2. The number of carboxylic acid groups (broad SMARTS) is 1. The second-order valence-electron chi connectivity index (χ2n) is 12.5. The largest absolute Gasteiger partial charge is 0.546 e. The Labute approximate surface area is 322 Å². The highest BCUT2D eigenvalue weighted by molar-refractivity contribution is 8.00. The van der Waals surface area contributed by atoms with E-state index in [2.05, 4.69) is 41.4 Å². The van der Waals surface area contributed by atoms with Crippen LogP contribution in [0.25, 0.3) is 16.6 Å². The molecule has 6 N–H and O–H groups in total. The van der Waals surface area contributed by atoms with Gasteiger partial charge < -0.3 is 46.4 Å². The number of thiazole rings is 1. The van der Waals surface area contributed by atoms with Crippen molar-refractivity contribution in [2.75, 3.05) is 16.8 Å². The molecule has 1 saturated heterocycles. The van der Waals surface area contributed by atoms with Crippen molar-refractivity contribution >= 4 is 91.5 Å². The third kappa shape index (κ3) is 6.95. The van der Waals surface area contributed by atoms with E-state index in [9.17, 15) is 34.5 Å². The number of aromatic nitrogens is 6. The van der Waals surface area contributed by atoms with Gasteiger partial charge in [0.15, 0.2) is 40.7 Å². The number of hydrogen-bond donors (Lipinski definition) is 5. The number of nitrogens with one attached hydrogen (secondary N) is 2. The van der Waals surface area contributed by atoms with Gasteiger partial charge in [0.2, 0.25) is 5.52 Å². The van der Waals surface area contributed by atoms with Gasteiger partial charge >= 0.3 is 0 Å². The number of phenolic OH excluding ortho intramolecular Hbond substituents is 2. The van der Waals surface area contributed by atoms with E-state index in [1.54, 1.807) is 24.3 Å². The molecular formula is C33H27ClN11O8S2-. The zero-order chi connectivity index (χ0) is 39.2. The van der Waals surface area contributed by atoms with Crippen LogP contribution in [0.3, 0.4) is 0 Å². The molecule has 2 atom stereocenters. The number of phenols is 2. The Kier molecular flexibility index (Phi) is 9.75. The van der Waals surface area contributed by atoms with Gasteiger partial charge in [-0.25, -0.2) is 4.98 Å². The number of amides is 3. The highest BCUT2D eigenvalue weighted by Gasteiger charge is 2.53. The monoisotopic (exact) mass is 804 g/mol. The molecule has 0 bridgehead atoms. The number of fused-ring (bicyclic) bond motifs is 2. The van der Waals surface area contributed by atoms with Gasteiger partial charge in [0, 0.05) is 28.8 Å². The van der Waals surface area contributed by atoms with Crippen LogP contribution in [0.15, 0.2) is 64.8 Å². The number of nitrogen functional groups attached to an aromatic ring is 1. The lowest BCUT2D eigenvalue weighted by Crippen LogP contribution is -2.70. The molecule has 5 heterocycles. The fraction of sp³-hybridized carbons (Fsp3) is 0.212. The molecule has 0 spiro atoms. The van der Waals surface area contributed by atoms with Gasteiger partial charge in [0.25, 0.3) is 17.7 Å². The molecular weight excluding hydrogens is 778 g/mol. The Morgan fingerprint density at radius 1 is 1.22 bits per heavy atom. The summed E-state index contributed by atoms with van der Waals surface area (Å²) in [6, 6.07) is 10.3. The maximum Gasteiger partial charge on any atom is 0.276 e. The average molecular weight is 805 g/mol. The summed E-state index contributed by atoms with van der Waals surface area (Å²) in [5.74, 6) is -4.16. The van der Waals surface area contributed by atoms with Crippen LogP contribution in [-0.4, -0.2) is 87.8 Å². The highest BCUT2D eigenvalue weighted by atomic mass is 35.5. The van der Waals surface area contributed by atoms with Crippen molar-refractivity contribution in [1.29, 1.82) is 0 Å². The number of thioether (sulfide) groups is 1. The number of oxime groups is 1. The maximum absolute atomic E-state index is 13.8. The van der Waals surface area contributed by atoms with E-state index < -0.39 is 57.9 Å².